The van der Waals surface area contributed by atoms with E-state index in [1.807, 2.05) is 18.2 Å². The molecule has 0 amide bonds. The fourth-order valence-corrected chi connectivity index (χ4v) is 2.27. The third-order valence-electron chi connectivity index (χ3n) is 2.14. The molecule has 16 heavy (non-hydrogen) atoms. The fourth-order valence-electron chi connectivity index (χ4n) is 1.35. The smallest absolute Gasteiger partial charge is 0.338 e. The molecule has 0 unspecified atom stereocenters. The van der Waals surface area contributed by atoms with Crippen molar-refractivity contribution in [2.24, 2.45) is 0 Å². The molecule has 0 aromatic heterocycles. The zero-order chi connectivity index (χ0) is 12.0. The SMILES string of the molecule is CCOC(=O)c1ccc(CCCCl)c(I)c1. The van der Waals surface area contributed by atoms with E-state index in [1.165, 1.54) is 5.56 Å². The summed E-state index contributed by atoms with van der Waals surface area (Å²) in [5.41, 5.74) is 1.84. The summed E-state index contributed by atoms with van der Waals surface area (Å²) in [6.45, 7) is 2.21. The first-order valence-corrected chi connectivity index (χ1v) is 6.82. The highest BCUT2D eigenvalue weighted by Crippen LogP contribution is 2.17. The van der Waals surface area contributed by atoms with Gasteiger partial charge in [0.15, 0.2) is 0 Å². The van der Waals surface area contributed by atoms with E-state index >= 15 is 0 Å². The largest absolute Gasteiger partial charge is 0.462 e. The number of carbonyl (C=O) groups is 1. The molecule has 2 nitrogen and oxygen atoms in total. The van der Waals surface area contributed by atoms with E-state index in [0.717, 1.165) is 16.4 Å². The Morgan fingerprint density at radius 2 is 2.25 bits per heavy atom. The zero-order valence-electron chi connectivity index (χ0n) is 9.13. The van der Waals surface area contributed by atoms with Crippen LogP contribution in [0, 0.1) is 3.57 Å². The second-order valence-corrected chi connectivity index (χ2v) is 4.86. The van der Waals surface area contributed by atoms with E-state index in [0.29, 0.717) is 18.1 Å². The molecular weight excluding hydrogens is 338 g/mol. The number of alkyl halides is 1. The Morgan fingerprint density at radius 1 is 1.50 bits per heavy atom. The van der Waals surface area contributed by atoms with Gasteiger partial charge in [-0.25, -0.2) is 4.79 Å². The lowest BCUT2D eigenvalue weighted by Crippen LogP contribution is -2.05. The van der Waals surface area contributed by atoms with Crippen LogP contribution in [0.25, 0.3) is 0 Å². The van der Waals surface area contributed by atoms with Crippen molar-refractivity contribution in [3.63, 3.8) is 0 Å². The summed E-state index contributed by atoms with van der Waals surface area (Å²) >= 11 is 7.89. The highest BCUT2D eigenvalue weighted by molar-refractivity contribution is 14.1. The van der Waals surface area contributed by atoms with Gasteiger partial charge in [-0.3, -0.25) is 0 Å². The lowest BCUT2D eigenvalue weighted by atomic mass is 10.1. The predicted molar refractivity (Wildman–Crippen MR) is 74.2 cm³/mol. The first kappa shape index (κ1) is 13.8. The Kier molecular flexibility index (Phi) is 6.13. The van der Waals surface area contributed by atoms with E-state index in [2.05, 4.69) is 22.6 Å². The summed E-state index contributed by atoms with van der Waals surface area (Å²) in [5, 5.41) is 0. The van der Waals surface area contributed by atoms with Crippen LogP contribution in [-0.4, -0.2) is 18.5 Å². The molecule has 0 bridgehead atoms. The number of esters is 1. The number of aryl methyl sites for hydroxylation is 1. The second kappa shape index (κ2) is 7.12. The molecule has 0 aliphatic carbocycles. The highest BCUT2D eigenvalue weighted by atomic mass is 127. The average Bonchev–Trinajstić information content (AvgIpc) is 2.27. The van der Waals surface area contributed by atoms with Gasteiger partial charge in [0.2, 0.25) is 0 Å². The van der Waals surface area contributed by atoms with E-state index in [-0.39, 0.29) is 5.97 Å². The van der Waals surface area contributed by atoms with Gasteiger partial charge in [-0.15, -0.1) is 11.6 Å². The molecule has 88 valence electrons. The van der Waals surface area contributed by atoms with Crippen molar-refractivity contribution in [3.05, 3.63) is 32.9 Å². The maximum absolute atomic E-state index is 11.5. The molecule has 1 aromatic rings. The summed E-state index contributed by atoms with van der Waals surface area (Å²) in [7, 11) is 0. The van der Waals surface area contributed by atoms with Crippen molar-refractivity contribution in [3.8, 4) is 0 Å². The van der Waals surface area contributed by atoms with Gasteiger partial charge in [0.25, 0.3) is 0 Å². The van der Waals surface area contributed by atoms with E-state index in [9.17, 15) is 4.79 Å². The monoisotopic (exact) mass is 352 g/mol. The molecule has 0 fully saturated rings. The molecule has 0 N–H and O–H groups in total. The average molecular weight is 353 g/mol. The quantitative estimate of drug-likeness (QED) is 0.459. The van der Waals surface area contributed by atoms with Gasteiger partial charge in [0, 0.05) is 9.45 Å². The number of ether oxygens (including phenoxy) is 1. The molecular formula is C12H14ClIO2. The second-order valence-electron chi connectivity index (χ2n) is 3.32. The molecule has 0 saturated carbocycles. The minimum atomic E-state index is -0.260. The maximum atomic E-state index is 11.5. The van der Waals surface area contributed by atoms with Crippen LogP contribution >= 0.6 is 34.2 Å². The molecule has 0 atom stereocenters. The molecule has 1 rings (SSSR count). The summed E-state index contributed by atoms with van der Waals surface area (Å²) in [6, 6.07) is 5.65. The van der Waals surface area contributed by atoms with Crippen LogP contribution in [0.3, 0.4) is 0 Å². The van der Waals surface area contributed by atoms with Crippen molar-refractivity contribution in [1.29, 1.82) is 0 Å². The van der Waals surface area contributed by atoms with Gasteiger partial charge in [0.05, 0.1) is 12.2 Å². The normalized spacial score (nSPS) is 10.2. The Balaban J connectivity index is 2.78. The summed E-state index contributed by atoms with van der Waals surface area (Å²) in [4.78, 5) is 11.5. The van der Waals surface area contributed by atoms with Gasteiger partial charge in [0.1, 0.15) is 0 Å². The number of rotatable bonds is 5. The lowest BCUT2D eigenvalue weighted by molar-refractivity contribution is 0.0526. The first-order chi connectivity index (χ1) is 7.69. The summed E-state index contributed by atoms with van der Waals surface area (Å²) in [6.07, 6.45) is 1.90. The van der Waals surface area contributed by atoms with Crippen LogP contribution < -0.4 is 0 Å². The van der Waals surface area contributed by atoms with Crippen molar-refractivity contribution >= 4 is 40.2 Å². The van der Waals surface area contributed by atoms with Crippen LogP contribution in [0.1, 0.15) is 29.3 Å². The minimum absolute atomic E-state index is 0.260. The molecule has 0 saturated heterocycles. The van der Waals surface area contributed by atoms with Crippen molar-refractivity contribution in [2.75, 3.05) is 12.5 Å². The van der Waals surface area contributed by atoms with E-state index in [1.54, 1.807) is 6.92 Å². The van der Waals surface area contributed by atoms with Gasteiger partial charge in [-0.2, -0.15) is 0 Å². The first-order valence-electron chi connectivity index (χ1n) is 5.20. The van der Waals surface area contributed by atoms with Gasteiger partial charge >= 0.3 is 5.97 Å². The number of halogens is 2. The Labute approximate surface area is 114 Å². The van der Waals surface area contributed by atoms with Gasteiger partial charge in [-0.1, -0.05) is 6.07 Å². The number of carbonyl (C=O) groups excluding carboxylic acids is 1. The minimum Gasteiger partial charge on any atom is -0.462 e. The van der Waals surface area contributed by atoms with Crippen LogP contribution in [-0.2, 0) is 11.2 Å². The van der Waals surface area contributed by atoms with Gasteiger partial charge < -0.3 is 4.74 Å². The maximum Gasteiger partial charge on any atom is 0.338 e. The molecule has 0 aliphatic heterocycles. The van der Waals surface area contributed by atoms with Gasteiger partial charge in [-0.05, 0) is 60.1 Å². The van der Waals surface area contributed by atoms with Crippen LogP contribution in [0.4, 0.5) is 0 Å². The summed E-state index contributed by atoms with van der Waals surface area (Å²) in [5.74, 6) is 0.403. The standard InChI is InChI=1S/C12H14ClIO2/c1-2-16-12(15)10-6-5-9(4-3-7-13)11(14)8-10/h5-6,8H,2-4,7H2,1H3. The number of hydrogen-bond acceptors (Lipinski definition) is 2. The number of benzene rings is 1. The van der Waals surface area contributed by atoms with Crippen LogP contribution in [0.15, 0.2) is 18.2 Å². The summed E-state index contributed by atoms with van der Waals surface area (Å²) < 4.78 is 6.03. The van der Waals surface area contributed by atoms with E-state index < -0.39 is 0 Å². The molecule has 1 aromatic carbocycles. The predicted octanol–water partition coefficient (Wildman–Crippen LogP) is 3.64. The Bertz CT molecular complexity index is 366. The fraction of sp³-hybridized carbons (Fsp3) is 0.417. The van der Waals surface area contributed by atoms with Crippen LogP contribution in [0.2, 0.25) is 0 Å². The molecule has 0 spiro atoms. The number of hydrogen-bond donors (Lipinski definition) is 0. The Morgan fingerprint density at radius 3 is 2.81 bits per heavy atom. The molecule has 0 aliphatic rings. The van der Waals surface area contributed by atoms with Crippen molar-refractivity contribution < 1.29 is 9.53 Å². The van der Waals surface area contributed by atoms with Crippen molar-refractivity contribution in [1.82, 2.24) is 0 Å². The topological polar surface area (TPSA) is 26.3 Å². The van der Waals surface area contributed by atoms with E-state index in [4.69, 9.17) is 16.3 Å². The van der Waals surface area contributed by atoms with Crippen molar-refractivity contribution in [2.45, 2.75) is 19.8 Å². The molecule has 0 heterocycles. The third-order valence-corrected chi connectivity index (χ3v) is 3.42. The molecule has 0 radical (unpaired) electrons. The Hall–Kier alpha value is -0.290. The zero-order valence-corrected chi connectivity index (χ0v) is 12.0. The third kappa shape index (κ3) is 3.94. The highest BCUT2D eigenvalue weighted by Gasteiger charge is 2.08. The molecule has 4 heteroatoms. The lowest BCUT2D eigenvalue weighted by Gasteiger charge is -2.06. The van der Waals surface area contributed by atoms with Crippen LogP contribution in [0.5, 0.6) is 0 Å².